The molecule has 1 spiro atoms. The van der Waals surface area contributed by atoms with E-state index < -0.39 is 5.41 Å². The molecule has 8 aromatic carbocycles. The van der Waals surface area contributed by atoms with Crippen molar-refractivity contribution in [3.8, 4) is 56.4 Å². The molecule has 2 aliphatic rings. The minimum atomic E-state index is -0.586. The molecule has 1 aliphatic carbocycles. The molecular weight excluding hydrogens is 715 g/mol. The fraction of sp³-hybridized carbons (Fsp3) is 0.0192. The molecule has 0 N–H and O–H groups in total. The van der Waals surface area contributed by atoms with Crippen LogP contribution in [0.5, 0.6) is 0 Å². The molecule has 1 aliphatic heterocycles. The third-order valence-electron chi connectivity index (χ3n) is 11.6. The van der Waals surface area contributed by atoms with Crippen LogP contribution >= 0.6 is 11.8 Å². The van der Waals surface area contributed by atoms with Gasteiger partial charge in [-0.15, -0.1) is 0 Å². The van der Waals surface area contributed by atoms with Crippen LogP contribution in [0.2, 0.25) is 0 Å². The van der Waals surface area contributed by atoms with E-state index in [1.807, 2.05) is 42.1 Å². The van der Waals surface area contributed by atoms with Gasteiger partial charge in [0.1, 0.15) is 11.2 Å². The maximum Gasteiger partial charge on any atom is 0.164 e. The highest BCUT2D eigenvalue weighted by atomic mass is 32.2. The van der Waals surface area contributed by atoms with Crippen LogP contribution < -0.4 is 0 Å². The van der Waals surface area contributed by atoms with Gasteiger partial charge >= 0.3 is 0 Å². The van der Waals surface area contributed by atoms with Gasteiger partial charge in [-0.3, -0.25) is 0 Å². The average Bonchev–Trinajstić information content (AvgIpc) is 3.80. The van der Waals surface area contributed by atoms with Gasteiger partial charge in [-0.2, -0.15) is 0 Å². The highest BCUT2D eigenvalue weighted by Gasteiger charge is 2.51. The highest BCUT2D eigenvalue weighted by Crippen LogP contribution is 2.64. The maximum absolute atomic E-state index is 6.51. The summed E-state index contributed by atoms with van der Waals surface area (Å²) in [6.45, 7) is 0. The summed E-state index contributed by atoms with van der Waals surface area (Å²) >= 11 is 1.85. The molecule has 4 nitrogen and oxygen atoms in total. The minimum Gasteiger partial charge on any atom is -0.456 e. The Hall–Kier alpha value is -7.08. The first-order chi connectivity index (χ1) is 28.2. The standard InChI is InChI=1S/C52H31N3OS/c1-3-13-32(14-4-1)33-23-25-35(26-24-33)50-53-49(34-15-5-2-6-16-34)54-51(55-50)36-27-28-37-42(31-36)52(39-18-8-11-21-45(39)57-46-22-12-9-19-40(46)52)41-29-30-44-48(47(37)41)38-17-7-10-20-43(38)56-44/h1-31H. The molecule has 0 atom stereocenters. The Morgan fingerprint density at radius 2 is 0.912 bits per heavy atom. The fourth-order valence-corrected chi connectivity index (χ4v) is 10.3. The van der Waals surface area contributed by atoms with Crippen molar-refractivity contribution in [2.75, 3.05) is 0 Å². The van der Waals surface area contributed by atoms with Crippen molar-refractivity contribution in [1.29, 1.82) is 0 Å². The molecule has 0 saturated carbocycles. The van der Waals surface area contributed by atoms with Crippen molar-refractivity contribution in [3.05, 3.63) is 210 Å². The second-order valence-corrected chi connectivity index (χ2v) is 15.8. The van der Waals surface area contributed by atoms with Gasteiger partial charge in [0.15, 0.2) is 17.5 Å². The minimum absolute atomic E-state index is 0.586. The Morgan fingerprint density at radius 3 is 1.61 bits per heavy atom. The number of aromatic nitrogens is 3. The molecule has 3 heterocycles. The smallest absolute Gasteiger partial charge is 0.164 e. The summed E-state index contributed by atoms with van der Waals surface area (Å²) in [6, 6.07) is 66.6. The summed E-state index contributed by atoms with van der Waals surface area (Å²) in [5.41, 5.74) is 13.7. The van der Waals surface area contributed by atoms with Crippen LogP contribution in [0.25, 0.3) is 78.4 Å². The normalized spacial score (nSPS) is 13.3. The van der Waals surface area contributed by atoms with E-state index in [0.717, 1.165) is 44.2 Å². The van der Waals surface area contributed by atoms with E-state index in [0.29, 0.717) is 17.5 Å². The van der Waals surface area contributed by atoms with Crippen LogP contribution in [0.1, 0.15) is 22.3 Å². The van der Waals surface area contributed by atoms with Crippen LogP contribution in [-0.2, 0) is 5.41 Å². The lowest BCUT2D eigenvalue weighted by Crippen LogP contribution is -2.32. The second kappa shape index (κ2) is 12.5. The van der Waals surface area contributed by atoms with Crippen LogP contribution in [-0.4, -0.2) is 15.0 Å². The average molecular weight is 746 g/mol. The molecule has 0 bridgehead atoms. The Labute approximate surface area is 333 Å². The zero-order valence-electron chi connectivity index (χ0n) is 30.6. The maximum atomic E-state index is 6.51. The van der Waals surface area contributed by atoms with Gasteiger partial charge in [0.25, 0.3) is 0 Å². The van der Waals surface area contributed by atoms with Crippen molar-refractivity contribution >= 4 is 33.7 Å². The highest BCUT2D eigenvalue weighted by molar-refractivity contribution is 7.99. The molecule has 0 unspecified atom stereocenters. The van der Waals surface area contributed by atoms with E-state index in [9.17, 15) is 0 Å². The van der Waals surface area contributed by atoms with Crippen LogP contribution in [0.3, 0.4) is 0 Å². The van der Waals surface area contributed by atoms with Crippen molar-refractivity contribution in [3.63, 3.8) is 0 Å². The van der Waals surface area contributed by atoms with Gasteiger partial charge in [0.2, 0.25) is 0 Å². The zero-order chi connectivity index (χ0) is 37.5. The molecule has 266 valence electrons. The molecule has 57 heavy (non-hydrogen) atoms. The largest absolute Gasteiger partial charge is 0.456 e. The van der Waals surface area contributed by atoms with E-state index in [2.05, 4.69) is 158 Å². The molecule has 0 amide bonds. The van der Waals surface area contributed by atoms with E-state index in [1.165, 1.54) is 48.7 Å². The number of rotatable bonds is 4. The lowest BCUT2D eigenvalue weighted by atomic mass is 9.67. The van der Waals surface area contributed by atoms with Gasteiger partial charge in [0, 0.05) is 37.3 Å². The molecule has 0 saturated heterocycles. The van der Waals surface area contributed by atoms with Crippen molar-refractivity contribution in [2.24, 2.45) is 0 Å². The number of hydrogen-bond donors (Lipinski definition) is 0. The van der Waals surface area contributed by atoms with Gasteiger partial charge in [-0.25, -0.2) is 15.0 Å². The first-order valence-electron chi connectivity index (χ1n) is 19.2. The summed E-state index contributed by atoms with van der Waals surface area (Å²) in [5, 5.41) is 2.27. The van der Waals surface area contributed by atoms with E-state index in [1.54, 1.807) is 0 Å². The lowest BCUT2D eigenvalue weighted by molar-refractivity contribution is 0.668. The summed E-state index contributed by atoms with van der Waals surface area (Å²) in [6.07, 6.45) is 0. The third-order valence-corrected chi connectivity index (χ3v) is 12.8. The van der Waals surface area contributed by atoms with Crippen LogP contribution in [0, 0.1) is 0 Å². The fourth-order valence-electron chi connectivity index (χ4n) is 9.13. The molecule has 2 aromatic heterocycles. The number of para-hydroxylation sites is 1. The molecule has 5 heteroatoms. The summed E-state index contributed by atoms with van der Waals surface area (Å²) in [4.78, 5) is 18.0. The molecule has 0 radical (unpaired) electrons. The van der Waals surface area contributed by atoms with E-state index in [-0.39, 0.29) is 0 Å². The Bertz CT molecular complexity index is 3160. The molecule has 12 rings (SSSR count). The molecule has 0 fully saturated rings. The predicted molar refractivity (Wildman–Crippen MR) is 230 cm³/mol. The third kappa shape index (κ3) is 4.79. The number of hydrogen-bond acceptors (Lipinski definition) is 5. The Balaban J connectivity index is 1.13. The second-order valence-electron chi connectivity index (χ2n) is 14.7. The SMILES string of the molecule is c1ccc(-c2ccc(-c3nc(-c4ccccc4)nc(-c4ccc5c(c4)C4(c6ccccc6Sc6ccccc64)c4ccc6oc7ccccc7c6c4-5)n3)cc2)cc1. The molecule has 10 aromatic rings. The number of fused-ring (bicyclic) bond motifs is 13. The quantitative estimate of drug-likeness (QED) is 0.180. The summed E-state index contributed by atoms with van der Waals surface area (Å²) in [7, 11) is 0. The van der Waals surface area contributed by atoms with Gasteiger partial charge in [0.05, 0.1) is 5.41 Å². The monoisotopic (exact) mass is 745 g/mol. The predicted octanol–water partition coefficient (Wildman–Crippen LogP) is 13.3. The van der Waals surface area contributed by atoms with Gasteiger partial charge < -0.3 is 4.42 Å². The van der Waals surface area contributed by atoms with Crippen molar-refractivity contribution < 1.29 is 4.42 Å². The topological polar surface area (TPSA) is 51.8 Å². The first-order valence-corrected chi connectivity index (χ1v) is 20.0. The number of benzene rings is 8. The van der Waals surface area contributed by atoms with E-state index in [4.69, 9.17) is 19.4 Å². The van der Waals surface area contributed by atoms with E-state index >= 15 is 0 Å². The Morgan fingerprint density at radius 1 is 0.386 bits per heavy atom. The first kappa shape index (κ1) is 32.2. The molecular formula is C52H31N3OS. The Kier molecular flexibility index (Phi) is 7.04. The van der Waals surface area contributed by atoms with Crippen molar-refractivity contribution in [1.82, 2.24) is 15.0 Å². The summed E-state index contributed by atoms with van der Waals surface area (Å²) in [5.74, 6) is 1.90. The van der Waals surface area contributed by atoms with Crippen molar-refractivity contribution in [2.45, 2.75) is 15.2 Å². The summed E-state index contributed by atoms with van der Waals surface area (Å²) < 4.78 is 6.51. The zero-order valence-corrected chi connectivity index (χ0v) is 31.4. The van der Waals surface area contributed by atoms with Gasteiger partial charge in [-0.1, -0.05) is 169 Å². The number of nitrogens with zero attached hydrogens (tertiary/aromatic N) is 3. The van der Waals surface area contributed by atoms with Gasteiger partial charge in [-0.05, 0) is 74.8 Å². The lowest BCUT2D eigenvalue weighted by Gasteiger charge is -2.39. The van der Waals surface area contributed by atoms with Crippen LogP contribution in [0.15, 0.2) is 202 Å². The van der Waals surface area contributed by atoms with Crippen LogP contribution in [0.4, 0.5) is 0 Å². The number of furan rings is 1.